The first kappa shape index (κ1) is 15.2. The summed E-state index contributed by atoms with van der Waals surface area (Å²) < 4.78 is 5.10. The van der Waals surface area contributed by atoms with Gasteiger partial charge >= 0.3 is 0 Å². The number of ether oxygens (including phenoxy) is 1. The highest BCUT2D eigenvalue weighted by atomic mass is 16.5. The van der Waals surface area contributed by atoms with E-state index in [1.54, 1.807) is 20.1 Å². The molecule has 2 N–H and O–H groups in total. The molecule has 4 heteroatoms. The number of carbonyl (C=O) groups excluding carboxylic acids is 1. The Morgan fingerprint density at radius 2 is 2.05 bits per heavy atom. The molecule has 0 spiro atoms. The van der Waals surface area contributed by atoms with E-state index >= 15 is 0 Å². The lowest BCUT2D eigenvalue weighted by molar-refractivity contribution is -0.117. The molecule has 0 heterocycles. The minimum Gasteiger partial charge on any atom is -0.497 e. The van der Waals surface area contributed by atoms with Crippen molar-refractivity contribution >= 4 is 11.5 Å². The van der Waals surface area contributed by atoms with E-state index in [1.165, 1.54) is 0 Å². The summed E-state index contributed by atoms with van der Waals surface area (Å²) in [7, 11) is 1.62. The van der Waals surface area contributed by atoms with Crippen molar-refractivity contribution in [1.82, 2.24) is 5.32 Å². The largest absolute Gasteiger partial charge is 0.497 e. The van der Waals surface area contributed by atoms with Gasteiger partial charge in [-0.2, -0.15) is 0 Å². The fraction of sp³-hybridized carbons (Fsp3) is 0.400. The summed E-state index contributed by atoms with van der Waals surface area (Å²) in [5.41, 5.74) is 1.94. The first-order valence-corrected chi connectivity index (χ1v) is 6.37. The number of nitrogens with one attached hydrogen (secondary N) is 1. The lowest BCUT2D eigenvalue weighted by atomic mass is 10.0. The number of rotatable bonds is 6. The molecule has 104 valence electrons. The lowest BCUT2D eigenvalue weighted by Crippen LogP contribution is -2.33. The van der Waals surface area contributed by atoms with Gasteiger partial charge in [-0.15, -0.1) is 0 Å². The Balaban J connectivity index is 2.83. The van der Waals surface area contributed by atoms with E-state index < -0.39 is 0 Å². The molecule has 1 unspecified atom stereocenters. The van der Waals surface area contributed by atoms with Crippen molar-refractivity contribution in [3.05, 3.63) is 35.9 Å². The van der Waals surface area contributed by atoms with Gasteiger partial charge in [0, 0.05) is 12.1 Å². The van der Waals surface area contributed by atoms with Crippen LogP contribution in [0.1, 0.15) is 25.8 Å². The standard InChI is InChI=1S/C15H21NO3/c1-4-12(9-15(18)16-11(2)10-17)13-5-7-14(19-3)8-6-13/h5-9,11,17H,4,10H2,1-3H3,(H,16,18)/b12-9-. The van der Waals surface area contributed by atoms with Crippen LogP contribution in [0.25, 0.3) is 5.57 Å². The molecule has 1 aromatic carbocycles. The molecule has 0 aliphatic carbocycles. The molecule has 19 heavy (non-hydrogen) atoms. The van der Waals surface area contributed by atoms with Crippen LogP contribution < -0.4 is 10.1 Å². The molecule has 0 saturated heterocycles. The Morgan fingerprint density at radius 3 is 2.53 bits per heavy atom. The van der Waals surface area contributed by atoms with Crippen molar-refractivity contribution < 1.29 is 14.6 Å². The molecule has 0 bridgehead atoms. The number of amides is 1. The van der Waals surface area contributed by atoms with E-state index in [9.17, 15) is 4.79 Å². The highest BCUT2D eigenvalue weighted by molar-refractivity contribution is 5.95. The van der Waals surface area contributed by atoms with Crippen molar-refractivity contribution in [3.8, 4) is 5.75 Å². The van der Waals surface area contributed by atoms with Gasteiger partial charge < -0.3 is 15.2 Å². The Morgan fingerprint density at radius 1 is 1.42 bits per heavy atom. The topological polar surface area (TPSA) is 58.6 Å². The van der Waals surface area contributed by atoms with Gasteiger partial charge in [-0.3, -0.25) is 4.79 Å². The Bertz CT molecular complexity index is 437. The number of benzene rings is 1. The Hall–Kier alpha value is -1.81. The zero-order valence-electron chi connectivity index (χ0n) is 11.6. The van der Waals surface area contributed by atoms with E-state index in [0.29, 0.717) is 0 Å². The first-order chi connectivity index (χ1) is 9.10. The molecule has 0 fully saturated rings. The second-order valence-corrected chi connectivity index (χ2v) is 4.34. The van der Waals surface area contributed by atoms with Crippen molar-refractivity contribution in [2.75, 3.05) is 13.7 Å². The molecule has 0 aromatic heterocycles. The summed E-state index contributed by atoms with van der Waals surface area (Å²) >= 11 is 0. The van der Waals surface area contributed by atoms with Gasteiger partial charge in [0.15, 0.2) is 0 Å². The van der Waals surface area contributed by atoms with Gasteiger partial charge in [0.05, 0.1) is 13.7 Å². The summed E-state index contributed by atoms with van der Waals surface area (Å²) in [5.74, 6) is 0.603. The zero-order chi connectivity index (χ0) is 14.3. The highest BCUT2D eigenvalue weighted by Gasteiger charge is 2.06. The van der Waals surface area contributed by atoms with Crippen LogP contribution in [0.4, 0.5) is 0 Å². The fourth-order valence-electron chi connectivity index (χ4n) is 1.68. The van der Waals surface area contributed by atoms with Gasteiger partial charge in [-0.25, -0.2) is 0 Å². The van der Waals surface area contributed by atoms with Gasteiger partial charge in [-0.1, -0.05) is 19.1 Å². The minimum absolute atomic E-state index is 0.0659. The molecule has 1 rings (SSSR count). The second-order valence-electron chi connectivity index (χ2n) is 4.34. The van der Waals surface area contributed by atoms with Crippen molar-refractivity contribution in [2.45, 2.75) is 26.3 Å². The summed E-state index contributed by atoms with van der Waals surface area (Å²) in [6.45, 7) is 3.69. The SMILES string of the molecule is CC/C(=C/C(=O)NC(C)CO)c1ccc(OC)cc1. The molecule has 1 atom stereocenters. The number of hydrogen-bond donors (Lipinski definition) is 2. The third-order valence-electron chi connectivity index (χ3n) is 2.81. The van der Waals surface area contributed by atoms with Crippen molar-refractivity contribution in [3.63, 3.8) is 0 Å². The second kappa shape index (κ2) is 7.59. The predicted octanol–water partition coefficient (Wildman–Crippen LogP) is 1.99. The van der Waals surface area contributed by atoms with Gasteiger partial charge in [0.2, 0.25) is 5.91 Å². The average Bonchev–Trinajstić information content (AvgIpc) is 2.44. The number of methoxy groups -OCH3 is 1. The van der Waals surface area contributed by atoms with Crippen LogP contribution in [0.2, 0.25) is 0 Å². The molecule has 0 aliphatic rings. The maximum absolute atomic E-state index is 11.8. The van der Waals surface area contributed by atoms with Crippen LogP contribution in [0, 0.1) is 0 Å². The van der Waals surface area contributed by atoms with Crippen LogP contribution in [0.5, 0.6) is 5.75 Å². The normalized spacial score (nSPS) is 12.9. The average molecular weight is 263 g/mol. The zero-order valence-corrected chi connectivity index (χ0v) is 11.6. The lowest BCUT2D eigenvalue weighted by Gasteiger charge is -2.10. The van der Waals surface area contributed by atoms with Crippen LogP contribution in [-0.2, 0) is 4.79 Å². The fourth-order valence-corrected chi connectivity index (χ4v) is 1.68. The molecule has 0 aliphatic heterocycles. The number of hydrogen-bond acceptors (Lipinski definition) is 3. The highest BCUT2D eigenvalue weighted by Crippen LogP contribution is 2.20. The predicted molar refractivity (Wildman–Crippen MR) is 76.0 cm³/mol. The smallest absolute Gasteiger partial charge is 0.244 e. The van der Waals surface area contributed by atoms with E-state index in [-0.39, 0.29) is 18.6 Å². The van der Waals surface area contributed by atoms with E-state index in [4.69, 9.17) is 9.84 Å². The molecular weight excluding hydrogens is 242 g/mol. The van der Waals surface area contributed by atoms with Gasteiger partial charge in [0.1, 0.15) is 5.75 Å². The maximum Gasteiger partial charge on any atom is 0.244 e. The van der Waals surface area contributed by atoms with Crippen LogP contribution in [0.15, 0.2) is 30.3 Å². The molecule has 1 amide bonds. The number of allylic oxidation sites excluding steroid dienone is 1. The minimum atomic E-state index is -0.238. The van der Waals surface area contributed by atoms with E-state index in [0.717, 1.165) is 23.3 Å². The van der Waals surface area contributed by atoms with Gasteiger partial charge in [-0.05, 0) is 36.6 Å². The number of aliphatic hydroxyl groups is 1. The van der Waals surface area contributed by atoms with E-state index in [2.05, 4.69) is 5.32 Å². The monoisotopic (exact) mass is 263 g/mol. The third kappa shape index (κ3) is 4.75. The van der Waals surface area contributed by atoms with Crippen molar-refractivity contribution in [2.24, 2.45) is 0 Å². The Kier molecular flexibility index (Phi) is 6.09. The number of aliphatic hydroxyl groups excluding tert-OH is 1. The first-order valence-electron chi connectivity index (χ1n) is 6.37. The number of carbonyl (C=O) groups is 1. The maximum atomic E-state index is 11.8. The molecular formula is C15H21NO3. The summed E-state index contributed by atoms with van der Waals surface area (Å²) in [5, 5.41) is 11.6. The Labute approximate surface area is 114 Å². The van der Waals surface area contributed by atoms with Crippen LogP contribution >= 0.6 is 0 Å². The van der Waals surface area contributed by atoms with Crippen LogP contribution in [-0.4, -0.2) is 30.8 Å². The third-order valence-corrected chi connectivity index (χ3v) is 2.81. The van der Waals surface area contributed by atoms with Crippen molar-refractivity contribution in [1.29, 1.82) is 0 Å². The molecule has 4 nitrogen and oxygen atoms in total. The molecule has 0 radical (unpaired) electrons. The summed E-state index contributed by atoms with van der Waals surface area (Å²) in [6, 6.07) is 7.35. The quantitative estimate of drug-likeness (QED) is 0.772. The molecule has 1 aromatic rings. The van der Waals surface area contributed by atoms with E-state index in [1.807, 2.05) is 31.2 Å². The van der Waals surface area contributed by atoms with Crippen LogP contribution in [0.3, 0.4) is 0 Å². The van der Waals surface area contributed by atoms with Gasteiger partial charge in [0.25, 0.3) is 0 Å². The molecule has 0 saturated carbocycles. The summed E-state index contributed by atoms with van der Waals surface area (Å²) in [6.07, 6.45) is 2.33. The summed E-state index contributed by atoms with van der Waals surface area (Å²) in [4.78, 5) is 11.8.